The monoisotopic (exact) mass is 664 g/mol. The Morgan fingerprint density at radius 3 is 2.57 bits per heavy atom. The van der Waals surface area contributed by atoms with E-state index in [2.05, 4.69) is 6.58 Å². The number of methoxy groups -OCH3 is 1. The number of fused-ring (bicyclic) bond motifs is 2. The number of benzene rings is 2. The maximum atomic E-state index is 16.0. The van der Waals surface area contributed by atoms with Gasteiger partial charge >= 0.3 is 0 Å². The molecule has 1 atom stereocenters. The first-order chi connectivity index (χ1) is 22.0. The summed E-state index contributed by atoms with van der Waals surface area (Å²) in [6.07, 6.45) is 2.41. The van der Waals surface area contributed by atoms with Crippen LogP contribution in [-0.2, 0) is 32.5 Å². The fourth-order valence-corrected chi connectivity index (χ4v) is 7.19. The summed E-state index contributed by atoms with van der Waals surface area (Å²) < 4.78 is 68.2. The van der Waals surface area contributed by atoms with E-state index < -0.39 is 21.5 Å². The van der Waals surface area contributed by atoms with Crippen molar-refractivity contribution < 1.29 is 31.5 Å². The van der Waals surface area contributed by atoms with Gasteiger partial charge in [0.1, 0.15) is 35.4 Å². The number of hydrogen-bond donors (Lipinski definition) is 0. The molecule has 0 saturated heterocycles. The number of aromatic nitrogens is 3. The third-order valence-electron chi connectivity index (χ3n) is 7.84. The van der Waals surface area contributed by atoms with Crippen LogP contribution >= 0.6 is 11.3 Å². The molecule has 0 aliphatic carbocycles. The predicted molar refractivity (Wildman–Crippen MR) is 172 cm³/mol. The van der Waals surface area contributed by atoms with Crippen molar-refractivity contribution in [2.24, 2.45) is 0 Å². The van der Waals surface area contributed by atoms with E-state index in [1.165, 1.54) is 36.7 Å². The number of pyridine rings is 1. The first-order valence-corrected chi connectivity index (χ1v) is 17.1. The molecule has 46 heavy (non-hydrogen) atoms. The topological polar surface area (TPSA) is 104 Å². The number of ether oxygens (including phenoxy) is 2. The van der Waals surface area contributed by atoms with E-state index >= 15 is 4.39 Å². The fraction of sp³-hybridized carbons (Fsp3) is 0.242. The largest absolute Gasteiger partial charge is 0.490 e. The minimum atomic E-state index is -3.43. The highest BCUT2D eigenvalue weighted by molar-refractivity contribution is 7.90. The summed E-state index contributed by atoms with van der Waals surface area (Å²) in [5, 5.41) is 7.39. The Kier molecular flexibility index (Phi) is 8.49. The number of nitrogens with zero attached hydrogens (tertiary/aromatic N) is 4. The number of sulfone groups is 1. The molecular formula is C33H30F2N4O5S2. The molecule has 1 unspecified atom stereocenters. The van der Waals surface area contributed by atoms with Gasteiger partial charge in [0.25, 0.3) is 0 Å². The van der Waals surface area contributed by atoms with Gasteiger partial charge in [0.15, 0.2) is 9.84 Å². The smallest absolute Gasteiger partial charge is 0.246 e. The quantitative estimate of drug-likeness (QED) is 0.138. The zero-order valence-electron chi connectivity index (χ0n) is 25.3. The SMILES string of the molecule is C=CC(=O)N1Cc2cc(-c3nc(-c4ccc(S(C)(=O)=O)cc4)c4ccsc4c3-c3c(F)cc(F)cc3OCCOC)nn2CC1C. The Balaban J connectivity index is 1.62. The molecule has 0 spiro atoms. The molecule has 0 N–H and O–H groups in total. The minimum Gasteiger partial charge on any atom is -0.490 e. The summed E-state index contributed by atoms with van der Waals surface area (Å²) in [5.41, 5.74) is 3.04. The van der Waals surface area contributed by atoms with Gasteiger partial charge in [0.2, 0.25) is 5.91 Å². The van der Waals surface area contributed by atoms with Crippen LogP contribution in [0.1, 0.15) is 12.6 Å². The van der Waals surface area contributed by atoms with Gasteiger partial charge in [-0.25, -0.2) is 22.2 Å². The van der Waals surface area contributed by atoms with Gasteiger partial charge < -0.3 is 14.4 Å². The third-order valence-corrected chi connectivity index (χ3v) is 9.90. The number of rotatable bonds is 9. The summed E-state index contributed by atoms with van der Waals surface area (Å²) in [5.74, 6) is -1.85. The Labute approximate surface area is 268 Å². The summed E-state index contributed by atoms with van der Waals surface area (Å²) in [4.78, 5) is 19.5. The van der Waals surface area contributed by atoms with Crippen LogP contribution in [0.15, 0.2) is 71.5 Å². The molecule has 6 rings (SSSR count). The summed E-state index contributed by atoms with van der Waals surface area (Å²) >= 11 is 1.35. The standard InChI is InChI=1S/C33H30F2N4O5S2/c1-5-28(40)38-18-22-16-26(37-39(22)17-19(38)2)32-30(29-25(35)14-21(34)15-27(29)44-12-11-43-3)33-24(10-13-45-33)31(36-32)20-6-8-23(9-7-20)46(4,41)42/h5-10,13-16,19H,1,11-12,17-18H2,2-4H3. The second-order valence-corrected chi connectivity index (χ2v) is 13.9. The van der Waals surface area contributed by atoms with Gasteiger partial charge in [-0.05, 0) is 42.6 Å². The lowest BCUT2D eigenvalue weighted by atomic mass is 9.96. The molecule has 1 aliphatic heterocycles. The van der Waals surface area contributed by atoms with Crippen molar-refractivity contribution in [3.63, 3.8) is 0 Å². The summed E-state index contributed by atoms with van der Waals surface area (Å²) in [7, 11) is -1.93. The predicted octanol–water partition coefficient (Wildman–Crippen LogP) is 6.12. The molecule has 2 aromatic carbocycles. The van der Waals surface area contributed by atoms with Gasteiger partial charge in [-0.3, -0.25) is 9.48 Å². The van der Waals surface area contributed by atoms with E-state index in [0.29, 0.717) is 44.8 Å². The van der Waals surface area contributed by atoms with Gasteiger partial charge in [-0.2, -0.15) is 5.10 Å². The summed E-state index contributed by atoms with van der Waals surface area (Å²) in [6, 6.07) is 11.8. The van der Waals surface area contributed by atoms with Gasteiger partial charge in [-0.15, -0.1) is 11.3 Å². The normalized spacial score (nSPS) is 14.8. The number of hydrogen-bond acceptors (Lipinski definition) is 8. The molecule has 9 nitrogen and oxygen atoms in total. The van der Waals surface area contributed by atoms with Crippen LogP contribution in [0.25, 0.3) is 43.9 Å². The van der Waals surface area contributed by atoms with Crippen LogP contribution in [-0.4, -0.2) is 66.6 Å². The first-order valence-electron chi connectivity index (χ1n) is 14.3. The van der Waals surface area contributed by atoms with E-state index in [-0.39, 0.29) is 47.9 Å². The van der Waals surface area contributed by atoms with E-state index in [1.54, 1.807) is 21.7 Å². The molecule has 1 aliphatic rings. The van der Waals surface area contributed by atoms with E-state index in [9.17, 15) is 17.6 Å². The van der Waals surface area contributed by atoms with Crippen molar-refractivity contribution in [3.05, 3.63) is 83.9 Å². The molecule has 0 saturated carbocycles. The van der Waals surface area contributed by atoms with Crippen LogP contribution in [0.2, 0.25) is 0 Å². The first kappa shape index (κ1) is 31.5. The number of carbonyl (C=O) groups excluding carboxylic acids is 1. The van der Waals surface area contributed by atoms with Crippen LogP contribution in [0, 0.1) is 11.6 Å². The molecule has 238 valence electrons. The number of amides is 1. The highest BCUT2D eigenvalue weighted by Gasteiger charge is 2.30. The molecule has 4 heterocycles. The fourth-order valence-electron chi connectivity index (χ4n) is 5.61. The van der Waals surface area contributed by atoms with Crippen LogP contribution in [0.3, 0.4) is 0 Å². The van der Waals surface area contributed by atoms with Crippen LogP contribution < -0.4 is 4.74 Å². The Morgan fingerprint density at radius 2 is 1.87 bits per heavy atom. The van der Waals surface area contributed by atoms with Gasteiger partial charge in [0.05, 0.1) is 41.5 Å². The van der Waals surface area contributed by atoms with Crippen molar-refractivity contribution in [3.8, 4) is 39.5 Å². The molecule has 3 aromatic heterocycles. The highest BCUT2D eigenvalue weighted by Crippen LogP contribution is 2.47. The maximum absolute atomic E-state index is 16.0. The van der Waals surface area contributed by atoms with Crippen molar-refractivity contribution in [2.45, 2.75) is 31.0 Å². The van der Waals surface area contributed by atoms with Gasteiger partial charge in [0, 0.05) is 52.8 Å². The van der Waals surface area contributed by atoms with Crippen LogP contribution in [0.4, 0.5) is 8.78 Å². The third kappa shape index (κ3) is 5.81. The molecule has 1 amide bonds. The zero-order chi connectivity index (χ0) is 32.7. The van der Waals surface area contributed by atoms with E-state index in [0.717, 1.165) is 24.1 Å². The van der Waals surface area contributed by atoms with E-state index in [1.807, 2.05) is 24.4 Å². The highest BCUT2D eigenvalue weighted by atomic mass is 32.2. The molecule has 0 radical (unpaired) electrons. The molecule has 0 fully saturated rings. The Morgan fingerprint density at radius 1 is 1.11 bits per heavy atom. The van der Waals surface area contributed by atoms with Crippen molar-refractivity contribution in [1.82, 2.24) is 19.7 Å². The second kappa shape index (κ2) is 12.4. The van der Waals surface area contributed by atoms with Crippen molar-refractivity contribution in [2.75, 3.05) is 26.6 Å². The minimum absolute atomic E-state index is 0.0158. The van der Waals surface area contributed by atoms with Gasteiger partial charge in [-0.1, -0.05) is 18.7 Å². The van der Waals surface area contributed by atoms with Crippen LogP contribution in [0.5, 0.6) is 5.75 Å². The Bertz CT molecular complexity index is 2090. The molecule has 5 aromatic rings. The van der Waals surface area contributed by atoms with Crippen molar-refractivity contribution in [1.29, 1.82) is 0 Å². The summed E-state index contributed by atoms with van der Waals surface area (Å²) in [6.45, 7) is 6.49. The second-order valence-electron chi connectivity index (χ2n) is 11.0. The maximum Gasteiger partial charge on any atom is 0.246 e. The lowest BCUT2D eigenvalue weighted by molar-refractivity contribution is -0.129. The molecule has 13 heteroatoms. The average molecular weight is 665 g/mol. The van der Waals surface area contributed by atoms with Crippen molar-refractivity contribution >= 4 is 37.2 Å². The lowest BCUT2D eigenvalue weighted by Crippen LogP contribution is -2.44. The molecular weight excluding hydrogens is 635 g/mol. The Hall–Kier alpha value is -4.46. The number of halogens is 2. The lowest BCUT2D eigenvalue weighted by Gasteiger charge is -2.33. The number of carbonyl (C=O) groups is 1. The zero-order valence-corrected chi connectivity index (χ0v) is 26.9. The molecule has 0 bridgehead atoms. The van der Waals surface area contributed by atoms with E-state index in [4.69, 9.17) is 19.6 Å². The average Bonchev–Trinajstić information content (AvgIpc) is 3.67. The number of thiophene rings is 1.